The minimum Gasteiger partial charge on any atom is -0.349 e. The molecule has 4 rings (SSSR count). The first kappa shape index (κ1) is 11.0. The van der Waals surface area contributed by atoms with Crippen molar-refractivity contribution in [3.05, 3.63) is 30.0 Å². The molecule has 1 aliphatic heterocycles. The lowest BCUT2D eigenvalue weighted by Crippen LogP contribution is -2.44. The summed E-state index contributed by atoms with van der Waals surface area (Å²) in [6.45, 7) is 1.04. The van der Waals surface area contributed by atoms with E-state index in [1.807, 2.05) is 18.2 Å². The number of nitrogens with one attached hydrogen (secondary N) is 3. The van der Waals surface area contributed by atoms with Gasteiger partial charge in [0.15, 0.2) is 0 Å². The van der Waals surface area contributed by atoms with Gasteiger partial charge in [0.1, 0.15) is 0 Å². The molecular weight excluding hydrogens is 240 g/mol. The fourth-order valence-corrected chi connectivity index (χ4v) is 3.34. The van der Waals surface area contributed by atoms with Crippen LogP contribution in [0.4, 0.5) is 0 Å². The van der Waals surface area contributed by atoms with Crippen molar-refractivity contribution in [3.8, 4) is 0 Å². The van der Waals surface area contributed by atoms with Crippen molar-refractivity contribution in [1.29, 1.82) is 0 Å². The van der Waals surface area contributed by atoms with Crippen molar-refractivity contribution in [2.45, 2.75) is 24.9 Å². The molecule has 5 heteroatoms. The zero-order valence-electron chi connectivity index (χ0n) is 10.5. The van der Waals surface area contributed by atoms with Crippen molar-refractivity contribution < 1.29 is 4.79 Å². The van der Waals surface area contributed by atoms with Gasteiger partial charge in [0.05, 0.1) is 11.7 Å². The lowest BCUT2D eigenvalue weighted by atomic mass is 10.0. The van der Waals surface area contributed by atoms with Crippen LogP contribution in [-0.4, -0.2) is 34.7 Å². The Morgan fingerprint density at radius 3 is 3.11 bits per heavy atom. The lowest BCUT2D eigenvalue weighted by molar-refractivity contribution is 0.0925. The monoisotopic (exact) mass is 256 g/mol. The number of hydrogen-bond donors (Lipinski definition) is 3. The van der Waals surface area contributed by atoms with Crippen LogP contribution in [0.5, 0.6) is 0 Å². The molecule has 1 amide bonds. The molecule has 0 radical (unpaired) electrons. The Hall–Kier alpha value is -1.88. The van der Waals surface area contributed by atoms with Gasteiger partial charge in [0.2, 0.25) is 0 Å². The third-order valence-electron chi connectivity index (χ3n) is 4.38. The highest BCUT2D eigenvalue weighted by atomic mass is 16.1. The number of fused-ring (bicyclic) bond motifs is 3. The fraction of sp³-hybridized carbons (Fsp3) is 0.429. The normalized spacial score (nSPS) is 28.9. The van der Waals surface area contributed by atoms with E-state index in [1.165, 1.54) is 6.42 Å². The summed E-state index contributed by atoms with van der Waals surface area (Å²) in [6.07, 6.45) is 4.02. The highest BCUT2D eigenvalue weighted by Gasteiger charge is 2.40. The minimum absolute atomic E-state index is 0.0223. The maximum atomic E-state index is 12.3. The summed E-state index contributed by atoms with van der Waals surface area (Å²) in [6, 6.07) is 6.58. The molecule has 2 bridgehead atoms. The smallest absolute Gasteiger partial charge is 0.251 e. The van der Waals surface area contributed by atoms with Gasteiger partial charge in [-0.25, -0.2) is 0 Å². The quantitative estimate of drug-likeness (QED) is 0.752. The van der Waals surface area contributed by atoms with E-state index >= 15 is 0 Å². The molecule has 19 heavy (non-hydrogen) atoms. The second kappa shape index (κ2) is 4.06. The molecule has 1 aromatic carbocycles. The summed E-state index contributed by atoms with van der Waals surface area (Å²) >= 11 is 0. The van der Waals surface area contributed by atoms with Gasteiger partial charge >= 0.3 is 0 Å². The predicted octanol–water partition coefficient (Wildman–Crippen LogP) is 1.04. The van der Waals surface area contributed by atoms with Crippen molar-refractivity contribution in [2.24, 2.45) is 5.92 Å². The van der Waals surface area contributed by atoms with Crippen molar-refractivity contribution >= 4 is 16.8 Å². The zero-order chi connectivity index (χ0) is 12.8. The van der Waals surface area contributed by atoms with E-state index in [9.17, 15) is 4.79 Å². The molecule has 1 aliphatic carbocycles. The molecule has 2 fully saturated rings. The Morgan fingerprint density at radius 2 is 2.32 bits per heavy atom. The molecule has 3 atom stereocenters. The molecule has 98 valence electrons. The van der Waals surface area contributed by atoms with E-state index in [-0.39, 0.29) is 5.91 Å². The Labute approximate surface area is 110 Å². The Kier molecular flexibility index (Phi) is 2.35. The van der Waals surface area contributed by atoms with Gasteiger partial charge in [-0.2, -0.15) is 5.10 Å². The first-order valence-corrected chi connectivity index (χ1v) is 6.77. The largest absolute Gasteiger partial charge is 0.349 e. The first-order valence-electron chi connectivity index (χ1n) is 6.77. The molecule has 1 aromatic heterocycles. The van der Waals surface area contributed by atoms with Gasteiger partial charge in [-0.05, 0) is 30.9 Å². The van der Waals surface area contributed by atoms with Crippen LogP contribution in [0.2, 0.25) is 0 Å². The number of H-pyrrole nitrogens is 1. The van der Waals surface area contributed by atoms with Gasteiger partial charge in [-0.1, -0.05) is 6.07 Å². The van der Waals surface area contributed by atoms with Crippen LogP contribution in [0.25, 0.3) is 10.9 Å². The maximum Gasteiger partial charge on any atom is 0.251 e. The number of aromatic amines is 1. The van der Waals surface area contributed by atoms with Crippen molar-refractivity contribution in [3.63, 3.8) is 0 Å². The van der Waals surface area contributed by atoms with Crippen LogP contribution >= 0.6 is 0 Å². The molecule has 1 saturated heterocycles. The SMILES string of the molecule is O=C(NC1CC2CC1CN2)c1ccc2cn[nH]c2c1. The second-order valence-electron chi connectivity index (χ2n) is 5.59. The number of hydrogen-bond acceptors (Lipinski definition) is 3. The topological polar surface area (TPSA) is 69.8 Å². The first-order chi connectivity index (χ1) is 9.29. The third-order valence-corrected chi connectivity index (χ3v) is 4.38. The molecular formula is C14H16N4O. The molecule has 3 unspecified atom stereocenters. The number of aromatic nitrogens is 2. The van der Waals surface area contributed by atoms with E-state index in [0.29, 0.717) is 23.6 Å². The van der Waals surface area contributed by atoms with E-state index in [2.05, 4.69) is 20.8 Å². The fourth-order valence-electron chi connectivity index (χ4n) is 3.34. The Balaban J connectivity index is 1.53. The standard InChI is InChI=1S/C14H16N4O/c19-14(17-12-5-11-3-10(12)6-15-11)8-1-2-9-7-16-18-13(9)4-8/h1-2,4,7,10-12,15H,3,5-6H2,(H,16,18)(H,17,19). The van der Waals surface area contributed by atoms with Crippen LogP contribution < -0.4 is 10.6 Å². The van der Waals surface area contributed by atoms with Crippen LogP contribution in [-0.2, 0) is 0 Å². The number of amides is 1. The maximum absolute atomic E-state index is 12.3. The number of carbonyl (C=O) groups excluding carboxylic acids is 1. The van der Waals surface area contributed by atoms with Gasteiger partial charge in [0.25, 0.3) is 5.91 Å². The van der Waals surface area contributed by atoms with Crippen molar-refractivity contribution in [2.75, 3.05) is 6.54 Å². The van der Waals surface area contributed by atoms with E-state index in [4.69, 9.17) is 0 Å². The van der Waals surface area contributed by atoms with Crippen LogP contribution in [0.15, 0.2) is 24.4 Å². The number of rotatable bonds is 2. The molecule has 1 saturated carbocycles. The minimum atomic E-state index is 0.0223. The summed E-state index contributed by atoms with van der Waals surface area (Å²) in [5, 5.41) is 14.5. The average molecular weight is 256 g/mol. The zero-order valence-corrected chi connectivity index (χ0v) is 10.5. The average Bonchev–Trinajstić information content (AvgIpc) is 3.13. The second-order valence-corrected chi connectivity index (χ2v) is 5.59. The number of piperidine rings is 1. The molecule has 3 N–H and O–H groups in total. The number of carbonyl (C=O) groups is 1. The van der Waals surface area contributed by atoms with Gasteiger partial charge in [-0.15, -0.1) is 0 Å². The van der Waals surface area contributed by atoms with E-state index in [0.717, 1.165) is 23.9 Å². The summed E-state index contributed by atoms with van der Waals surface area (Å²) in [7, 11) is 0. The Morgan fingerprint density at radius 1 is 1.37 bits per heavy atom. The molecule has 0 spiro atoms. The number of benzene rings is 1. The molecule has 2 heterocycles. The van der Waals surface area contributed by atoms with Crippen molar-refractivity contribution in [1.82, 2.24) is 20.8 Å². The van der Waals surface area contributed by atoms with Crippen LogP contribution in [0.3, 0.4) is 0 Å². The third kappa shape index (κ3) is 1.81. The lowest BCUT2D eigenvalue weighted by Gasteiger charge is -2.23. The highest BCUT2D eigenvalue weighted by molar-refractivity contribution is 5.97. The summed E-state index contributed by atoms with van der Waals surface area (Å²) in [5.74, 6) is 0.624. The van der Waals surface area contributed by atoms with Crippen LogP contribution in [0, 0.1) is 5.92 Å². The predicted molar refractivity (Wildman–Crippen MR) is 71.9 cm³/mol. The molecule has 2 aliphatic rings. The summed E-state index contributed by atoms with van der Waals surface area (Å²) in [5.41, 5.74) is 1.61. The van der Waals surface area contributed by atoms with E-state index < -0.39 is 0 Å². The van der Waals surface area contributed by atoms with Gasteiger partial charge in [0, 0.05) is 29.6 Å². The molecule has 2 aromatic rings. The van der Waals surface area contributed by atoms with Gasteiger partial charge in [-0.3, -0.25) is 9.89 Å². The number of nitrogens with zero attached hydrogens (tertiary/aromatic N) is 1. The van der Waals surface area contributed by atoms with Gasteiger partial charge < -0.3 is 10.6 Å². The highest BCUT2D eigenvalue weighted by Crippen LogP contribution is 2.31. The summed E-state index contributed by atoms with van der Waals surface area (Å²) in [4.78, 5) is 12.3. The molecule has 5 nitrogen and oxygen atoms in total. The van der Waals surface area contributed by atoms with Crippen LogP contribution in [0.1, 0.15) is 23.2 Å². The summed E-state index contributed by atoms with van der Waals surface area (Å²) < 4.78 is 0. The van der Waals surface area contributed by atoms with E-state index in [1.54, 1.807) is 6.20 Å². The Bertz CT molecular complexity index is 635.